The van der Waals surface area contributed by atoms with Crippen molar-refractivity contribution in [3.8, 4) is 11.5 Å². The molecule has 0 saturated carbocycles. The molecule has 0 aliphatic carbocycles. The first-order valence-electron chi connectivity index (χ1n) is 3.19. The van der Waals surface area contributed by atoms with Crippen LogP contribution in [0.5, 0.6) is 0 Å². The van der Waals surface area contributed by atoms with E-state index in [4.69, 9.17) is 0 Å². The maximum atomic E-state index is 9.79. The molecule has 10 heavy (non-hydrogen) atoms. The van der Waals surface area contributed by atoms with E-state index >= 15 is 0 Å². The molecule has 0 saturated heterocycles. The third-order valence-electron chi connectivity index (χ3n) is 0.705. The van der Waals surface area contributed by atoms with E-state index in [0.717, 1.165) is 6.29 Å². The Morgan fingerprint density at radius 3 is 2.30 bits per heavy atom. The molecule has 0 fully saturated rings. The summed E-state index contributed by atoms with van der Waals surface area (Å²) in [5.74, 6) is 2.83. The Bertz CT molecular complexity index is 188. The fourth-order valence-electron chi connectivity index (χ4n) is 0.346. The van der Waals surface area contributed by atoms with Gasteiger partial charge in [-0.3, -0.25) is 4.79 Å². The lowest BCUT2D eigenvalue weighted by Gasteiger charge is -2.01. The van der Waals surface area contributed by atoms with Gasteiger partial charge in [-0.1, -0.05) is 25.6 Å². The first-order chi connectivity index (χ1) is 4.56. The van der Waals surface area contributed by atoms with E-state index in [1.807, 2.05) is 0 Å². The summed E-state index contributed by atoms with van der Waals surface area (Å²) in [6.07, 6.45) is 3.73. The van der Waals surface area contributed by atoms with Crippen molar-refractivity contribution in [3.63, 3.8) is 0 Å². The van der Waals surface area contributed by atoms with E-state index in [-0.39, 0.29) is 0 Å². The fourth-order valence-corrected chi connectivity index (χ4v) is 0.862. The monoisotopic (exact) mass is 152 g/mol. The van der Waals surface area contributed by atoms with E-state index in [1.165, 1.54) is 6.08 Å². The minimum atomic E-state index is -1.24. The summed E-state index contributed by atoms with van der Waals surface area (Å²) in [7, 11) is -1.24. The highest BCUT2D eigenvalue weighted by Gasteiger charge is 2.06. The molecule has 0 aromatic carbocycles. The van der Waals surface area contributed by atoms with Crippen LogP contribution in [0, 0.1) is 11.5 Å². The van der Waals surface area contributed by atoms with E-state index in [0.29, 0.717) is 0 Å². The highest BCUT2D eigenvalue weighted by Crippen LogP contribution is 1.95. The Morgan fingerprint density at radius 1 is 1.30 bits per heavy atom. The Kier molecular flexibility index (Phi) is 3.74. The van der Waals surface area contributed by atoms with Gasteiger partial charge in [-0.2, -0.15) is 0 Å². The summed E-state index contributed by atoms with van der Waals surface area (Å²) in [5.41, 5.74) is 3.10. The lowest BCUT2D eigenvalue weighted by molar-refractivity contribution is -0.104. The van der Waals surface area contributed by atoms with Crippen molar-refractivity contribution in [2.75, 3.05) is 0 Å². The van der Waals surface area contributed by atoms with Crippen molar-refractivity contribution in [1.82, 2.24) is 0 Å². The second-order valence-electron chi connectivity index (χ2n) is 3.01. The molecule has 2 heteroatoms. The maximum Gasteiger partial charge on any atom is 0.143 e. The van der Waals surface area contributed by atoms with Crippen molar-refractivity contribution < 1.29 is 4.79 Å². The molecule has 0 heterocycles. The van der Waals surface area contributed by atoms with Crippen LogP contribution in [0.15, 0.2) is 12.2 Å². The number of carbonyl (C=O) groups excluding carboxylic acids is 1. The van der Waals surface area contributed by atoms with Gasteiger partial charge in [0, 0.05) is 0 Å². The number of rotatable bonds is 1. The largest absolute Gasteiger partial charge is 0.299 e. The van der Waals surface area contributed by atoms with Crippen LogP contribution in [0.2, 0.25) is 19.6 Å². The molecule has 0 aromatic rings. The first-order valence-corrected chi connectivity index (χ1v) is 6.69. The van der Waals surface area contributed by atoms with Crippen LogP contribution in [0.3, 0.4) is 0 Å². The molecular weight excluding hydrogens is 140 g/mol. The predicted molar refractivity (Wildman–Crippen MR) is 46.3 cm³/mol. The normalized spacial score (nSPS) is 10.7. The van der Waals surface area contributed by atoms with Gasteiger partial charge < -0.3 is 0 Å². The van der Waals surface area contributed by atoms with E-state index in [9.17, 15) is 4.79 Å². The van der Waals surface area contributed by atoms with Gasteiger partial charge in [-0.15, -0.1) is 5.54 Å². The molecular formula is C8H12OSi. The minimum absolute atomic E-state index is 0.735. The maximum absolute atomic E-state index is 9.79. The number of hydrogen-bond acceptors (Lipinski definition) is 1. The molecule has 0 amide bonds. The zero-order chi connectivity index (χ0) is 8.04. The van der Waals surface area contributed by atoms with Crippen LogP contribution in [0.25, 0.3) is 0 Å². The third-order valence-corrected chi connectivity index (χ3v) is 1.60. The molecule has 0 spiro atoms. The first kappa shape index (κ1) is 9.19. The predicted octanol–water partition coefficient (Wildman–Crippen LogP) is 1.62. The fraction of sp³-hybridized carbons (Fsp3) is 0.375. The Labute approximate surface area is 63.1 Å². The number of carbonyl (C=O) groups is 1. The van der Waals surface area contributed by atoms with Gasteiger partial charge >= 0.3 is 0 Å². The van der Waals surface area contributed by atoms with Gasteiger partial charge in [0.15, 0.2) is 0 Å². The number of hydrogen-bond donors (Lipinski definition) is 0. The van der Waals surface area contributed by atoms with Crippen molar-refractivity contribution in [2.45, 2.75) is 19.6 Å². The molecule has 0 atom stereocenters. The van der Waals surface area contributed by atoms with Gasteiger partial charge in [-0.05, 0) is 12.2 Å². The van der Waals surface area contributed by atoms with Crippen molar-refractivity contribution in [2.24, 2.45) is 0 Å². The second-order valence-corrected chi connectivity index (χ2v) is 7.76. The lowest BCUT2D eigenvalue weighted by atomic mass is 10.5. The molecule has 0 radical (unpaired) electrons. The van der Waals surface area contributed by atoms with Crippen molar-refractivity contribution in [1.29, 1.82) is 0 Å². The summed E-state index contributed by atoms with van der Waals surface area (Å²) >= 11 is 0. The SMILES string of the molecule is C[Si](C)(C)C#C/C=C\C=O. The quantitative estimate of drug-likeness (QED) is 0.241. The van der Waals surface area contributed by atoms with Gasteiger partial charge in [0.25, 0.3) is 0 Å². The highest BCUT2D eigenvalue weighted by atomic mass is 28.3. The molecule has 0 bridgehead atoms. The molecule has 0 aliphatic rings. The topological polar surface area (TPSA) is 17.1 Å². The summed E-state index contributed by atoms with van der Waals surface area (Å²) < 4.78 is 0. The summed E-state index contributed by atoms with van der Waals surface area (Å²) in [4.78, 5) is 9.79. The van der Waals surface area contributed by atoms with Gasteiger partial charge in [0.2, 0.25) is 0 Å². The zero-order valence-electron chi connectivity index (χ0n) is 6.64. The zero-order valence-corrected chi connectivity index (χ0v) is 7.64. The summed E-state index contributed by atoms with van der Waals surface area (Å²) in [5, 5.41) is 0. The Hall–Kier alpha value is -0.813. The van der Waals surface area contributed by atoms with Crippen LogP contribution in [0.1, 0.15) is 0 Å². The molecule has 0 N–H and O–H groups in total. The van der Waals surface area contributed by atoms with Gasteiger partial charge in [0.05, 0.1) is 0 Å². The molecule has 0 aromatic heterocycles. The van der Waals surface area contributed by atoms with Crippen molar-refractivity contribution in [3.05, 3.63) is 12.2 Å². The van der Waals surface area contributed by atoms with Gasteiger partial charge in [0.1, 0.15) is 14.4 Å². The lowest BCUT2D eigenvalue weighted by Crippen LogP contribution is -2.16. The van der Waals surface area contributed by atoms with E-state index < -0.39 is 8.07 Å². The number of allylic oxidation sites excluding steroid dienone is 2. The third kappa shape index (κ3) is 7.19. The molecule has 1 nitrogen and oxygen atoms in total. The molecule has 0 rings (SSSR count). The van der Waals surface area contributed by atoms with Crippen LogP contribution in [-0.4, -0.2) is 14.4 Å². The minimum Gasteiger partial charge on any atom is -0.299 e. The second kappa shape index (κ2) is 4.07. The van der Waals surface area contributed by atoms with Crippen LogP contribution in [0.4, 0.5) is 0 Å². The van der Waals surface area contributed by atoms with Crippen LogP contribution in [-0.2, 0) is 4.79 Å². The summed E-state index contributed by atoms with van der Waals surface area (Å²) in [6.45, 7) is 6.48. The van der Waals surface area contributed by atoms with Crippen molar-refractivity contribution >= 4 is 14.4 Å². The van der Waals surface area contributed by atoms with Crippen LogP contribution >= 0.6 is 0 Å². The smallest absolute Gasteiger partial charge is 0.143 e. The van der Waals surface area contributed by atoms with E-state index in [2.05, 4.69) is 31.1 Å². The molecule has 0 aliphatic heterocycles. The molecule has 54 valence electrons. The summed E-state index contributed by atoms with van der Waals surface area (Å²) in [6, 6.07) is 0. The Morgan fingerprint density at radius 2 is 1.90 bits per heavy atom. The van der Waals surface area contributed by atoms with Gasteiger partial charge in [-0.25, -0.2) is 0 Å². The van der Waals surface area contributed by atoms with E-state index in [1.54, 1.807) is 6.08 Å². The standard InChI is InChI=1S/C8H12OSi/c1-10(2,3)8-6-4-5-7-9/h4-5,7H,1-3H3/b5-4-. The van der Waals surface area contributed by atoms with Crippen LogP contribution < -0.4 is 0 Å². The highest BCUT2D eigenvalue weighted by molar-refractivity contribution is 6.83. The average molecular weight is 152 g/mol. The molecule has 0 unspecified atom stereocenters. The average Bonchev–Trinajstić information content (AvgIpc) is 1.78. The Balaban J connectivity index is 3.93. The number of aldehydes is 1.